The molecule has 140 valence electrons. The summed E-state index contributed by atoms with van der Waals surface area (Å²) in [5.41, 5.74) is -2.03. The van der Waals surface area contributed by atoms with Crippen molar-refractivity contribution in [1.29, 1.82) is 0 Å². The van der Waals surface area contributed by atoms with Gasteiger partial charge in [0.15, 0.2) is 11.4 Å². The van der Waals surface area contributed by atoms with Gasteiger partial charge >= 0.3 is 0 Å². The summed E-state index contributed by atoms with van der Waals surface area (Å²) < 4.78 is 0. The Kier molecular flexibility index (Phi) is 10.5. The highest BCUT2D eigenvalue weighted by molar-refractivity contribution is 6.00. The van der Waals surface area contributed by atoms with Crippen LogP contribution in [0.1, 0.15) is 90.4 Å². The molecule has 0 amide bonds. The molecule has 0 aromatic rings. The molecular formula is C20H36O4. The van der Waals surface area contributed by atoms with Gasteiger partial charge in [-0.1, -0.05) is 84.0 Å². The smallest absolute Gasteiger partial charge is 0.192 e. The van der Waals surface area contributed by atoms with Crippen LogP contribution >= 0.6 is 0 Å². The summed E-state index contributed by atoms with van der Waals surface area (Å²) in [4.78, 5) is 11.6. The first kappa shape index (κ1) is 21.3. The first-order valence-electron chi connectivity index (χ1n) is 9.84. The summed E-state index contributed by atoms with van der Waals surface area (Å²) in [5, 5.41) is 29.9. The average molecular weight is 341 g/mol. The van der Waals surface area contributed by atoms with Crippen molar-refractivity contribution in [1.82, 2.24) is 0 Å². The maximum absolute atomic E-state index is 11.6. The van der Waals surface area contributed by atoms with Crippen molar-refractivity contribution >= 4 is 5.78 Å². The molecule has 0 aromatic carbocycles. The lowest BCUT2D eigenvalue weighted by Crippen LogP contribution is -2.54. The SMILES string of the molecule is CCCCCCCCCCCCCCC(O)[C@@]1(O)C(=O)C=C[C@H]1O. The summed E-state index contributed by atoms with van der Waals surface area (Å²) in [6, 6.07) is 0. The Labute approximate surface area is 147 Å². The van der Waals surface area contributed by atoms with Gasteiger partial charge in [0.05, 0.1) is 6.10 Å². The first-order chi connectivity index (χ1) is 11.5. The Morgan fingerprint density at radius 2 is 1.42 bits per heavy atom. The molecule has 0 saturated heterocycles. The summed E-state index contributed by atoms with van der Waals surface area (Å²) in [5.74, 6) is -0.596. The predicted octanol–water partition coefficient (Wildman–Crippen LogP) is 3.67. The lowest BCUT2D eigenvalue weighted by molar-refractivity contribution is -0.158. The van der Waals surface area contributed by atoms with Gasteiger partial charge < -0.3 is 15.3 Å². The molecule has 0 aromatic heterocycles. The maximum atomic E-state index is 11.6. The van der Waals surface area contributed by atoms with Crippen LogP contribution in [-0.2, 0) is 4.79 Å². The van der Waals surface area contributed by atoms with Crippen molar-refractivity contribution < 1.29 is 20.1 Å². The van der Waals surface area contributed by atoms with E-state index in [4.69, 9.17) is 0 Å². The minimum absolute atomic E-state index is 0.346. The highest BCUT2D eigenvalue weighted by Crippen LogP contribution is 2.27. The Balaban J connectivity index is 1.96. The minimum Gasteiger partial charge on any atom is -0.390 e. The minimum atomic E-state index is -2.03. The quantitative estimate of drug-likeness (QED) is 0.422. The lowest BCUT2D eigenvalue weighted by atomic mass is 9.87. The summed E-state index contributed by atoms with van der Waals surface area (Å²) >= 11 is 0. The second-order valence-electron chi connectivity index (χ2n) is 7.19. The lowest BCUT2D eigenvalue weighted by Gasteiger charge is -2.30. The highest BCUT2D eigenvalue weighted by Gasteiger charge is 2.50. The molecule has 0 heterocycles. The van der Waals surface area contributed by atoms with E-state index in [0.29, 0.717) is 6.42 Å². The van der Waals surface area contributed by atoms with E-state index in [1.54, 1.807) is 0 Å². The van der Waals surface area contributed by atoms with Crippen LogP contribution in [0.5, 0.6) is 0 Å². The molecular weight excluding hydrogens is 304 g/mol. The van der Waals surface area contributed by atoms with Gasteiger partial charge in [-0.3, -0.25) is 4.79 Å². The van der Waals surface area contributed by atoms with Crippen LogP contribution < -0.4 is 0 Å². The number of ketones is 1. The molecule has 4 heteroatoms. The largest absolute Gasteiger partial charge is 0.390 e. The van der Waals surface area contributed by atoms with Crippen LogP contribution in [0.2, 0.25) is 0 Å². The summed E-state index contributed by atoms with van der Waals surface area (Å²) in [6.45, 7) is 2.24. The fraction of sp³-hybridized carbons (Fsp3) is 0.850. The van der Waals surface area contributed by atoms with Gasteiger partial charge in [-0.2, -0.15) is 0 Å². The molecule has 3 N–H and O–H groups in total. The summed E-state index contributed by atoms with van der Waals surface area (Å²) in [7, 11) is 0. The van der Waals surface area contributed by atoms with Crippen molar-refractivity contribution in [2.45, 2.75) is 108 Å². The monoisotopic (exact) mass is 340 g/mol. The molecule has 0 fully saturated rings. The summed E-state index contributed by atoms with van der Waals surface area (Å²) in [6.07, 6.45) is 15.0. The van der Waals surface area contributed by atoms with Gasteiger partial charge in [0.2, 0.25) is 0 Å². The Hall–Kier alpha value is -0.710. The van der Waals surface area contributed by atoms with Crippen molar-refractivity contribution in [3.63, 3.8) is 0 Å². The second kappa shape index (κ2) is 11.8. The average Bonchev–Trinajstić information content (AvgIpc) is 2.84. The van der Waals surface area contributed by atoms with Gasteiger partial charge in [-0.05, 0) is 18.6 Å². The van der Waals surface area contributed by atoms with E-state index in [-0.39, 0.29) is 0 Å². The van der Waals surface area contributed by atoms with E-state index >= 15 is 0 Å². The number of rotatable bonds is 14. The molecule has 3 atom stereocenters. The molecule has 1 aliphatic rings. The molecule has 0 aliphatic heterocycles. The van der Waals surface area contributed by atoms with Gasteiger partial charge in [-0.25, -0.2) is 0 Å². The van der Waals surface area contributed by atoms with Crippen molar-refractivity contribution in [3.8, 4) is 0 Å². The molecule has 1 rings (SSSR count). The molecule has 0 spiro atoms. The van der Waals surface area contributed by atoms with Crippen LogP contribution in [0.25, 0.3) is 0 Å². The third-order valence-corrected chi connectivity index (χ3v) is 5.11. The number of aliphatic hydroxyl groups excluding tert-OH is 2. The topological polar surface area (TPSA) is 77.8 Å². The molecule has 4 nitrogen and oxygen atoms in total. The Morgan fingerprint density at radius 3 is 1.83 bits per heavy atom. The first-order valence-corrected chi connectivity index (χ1v) is 9.84. The number of hydrogen-bond acceptors (Lipinski definition) is 4. The molecule has 24 heavy (non-hydrogen) atoms. The molecule has 1 aliphatic carbocycles. The maximum Gasteiger partial charge on any atom is 0.192 e. The fourth-order valence-electron chi connectivity index (χ4n) is 3.36. The van der Waals surface area contributed by atoms with Crippen LogP contribution in [0.4, 0.5) is 0 Å². The van der Waals surface area contributed by atoms with Crippen molar-refractivity contribution in [2.24, 2.45) is 0 Å². The normalized spacial score (nSPS) is 24.7. The van der Waals surface area contributed by atoms with E-state index in [0.717, 1.165) is 25.3 Å². The number of hydrogen-bond donors (Lipinski definition) is 3. The van der Waals surface area contributed by atoms with E-state index in [2.05, 4.69) is 6.92 Å². The van der Waals surface area contributed by atoms with Crippen LogP contribution in [-0.4, -0.2) is 38.9 Å². The van der Waals surface area contributed by atoms with E-state index < -0.39 is 23.6 Å². The van der Waals surface area contributed by atoms with Crippen molar-refractivity contribution in [2.75, 3.05) is 0 Å². The third kappa shape index (κ3) is 6.66. The van der Waals surface area contributed by atoms with E-state index in [1.807, 2.05) is 0 Å². The van der Waals surface area contributed by atoms with Gasteiger partial charge in [0.1, 0.15) is 6.10 Å². The Morgan fingerprint density at radius 1 is 0.958 bits per heavy atom. The number of carbonyl (C=O) groups excluding carboxylic acids is 1. The molecule has 0 bridgehead atoms. The van der Waals surface area contributed by atoms with E-state index in [9.17, 15) is 20.1 Å². The highest BCUT2D eigenvalue weighted by atomic mass is 16.4. The van der Waals surface area contributed by atoms with Crippen molar-refractivity contribution in [3.05, 3.63) is 12.2 Å². The standard InChI is InChI=1S/C20H36O4/c1-2-3-4-5-6-7-8-9-10-11-12-13-14-17(21)20(24)18(22)15-16-19(20)23/h15-18,21-22,24H,2-14H2,1H3/t17?,18-,20+/m1/s1. The second-order valence-corrected chi connectivity index (χ2v) is 7.19. The number of aliphatic hydroxyl groups is 3. The molecule has 0 saturated carbocycles. The van der Waals surface area contributed by atoms with Gasteiger partial charge in [0, 0.05) is 0 Å². The van der Waals surface area contributed by atoms with Crippen LogP contribution in [0.15, 0.2) is 12.2 Å². The Bertz CT molecular complexity index is 380. The third-order valence-electron chi connectivity index (χ3n) is 5.11. The van der Waals surface area contributed by atoms with Crippen LogP contribution in [0, 0.1) is 0 Å². The molecule has 0 radical (unpaired) electrons. The van der Waals surface area contributed by atoms with E-state index in [1.165, 1.54) is 63.9 Å². The fourth-order valence-corrected chi connectivity index (χ4v) is 3.36. The number of unbranched alkanes of at least 4 members (excludes halogenated alkanes) is 11. The van der Waals surface area contributed by atoms with Gasteiger partial charge in [0.25, 0.3) is 0 Å². The van der Waals surface area contributed by atoms with Gasteiger partial charge in [-0.15, -0.1) is 0 Å². The predicted molar refractivity (Wildman–Crippen MR) is 96.8 cm³/mol. The molecule has 1 unspecified atom stereocenters. The zero-order valence-corrected chi connectivity index (χ0v) is 15.3. The zero-order chi connectivity index (χ0) is 17.8. The zero-order valence-electron chi connectivity index (χ0n) is 15.3. The number of carbonyl (C=O) groups is 1. The van der Waals surface area contributed by atoms with Crippen LogP contribution in [0.3, 0.4) is 0 Å².